The largest absolute Gasteiger partial charge is 0.348 e. The van der Waals surface area contributed by atoms with Crippen LogP contribution < -0.4 is 5.32 Å². The van der Waals surface area contributed by atoms with Crippen LogP contribution in [-0.2, 0) is 6.54 Å². The number of nitriles is 1. The Morgan fingerprint density at radius 2 is 2.00 bits per heavy atom. The van der Waals surface area contributed by atoms with Gasteiger partial charge in [0.25, 0.3) is 5.91 Å². The molecular formula is C14H11N3O. The van der Waals surface area contributed by atoms with Gasteiger partial charge >= 0.3 is 0 Å². The summed E-state index contributed by atoms with van der Waals surface area (Å²) in [5, 5.41) is 11.4. The summed E-state index contributed by atoms with van der Waals surface area (Å²) >= 11 is 0. The fourth-order valence-electron chi connectivity index (χ4n) is 1.47. The first-order valence-electron chi connectivity index (χ1n) is 5.48. The van der Waals surface area contributed by atoms with E-state index in [1.165, 1.54) is 12.3 Å². The summed E-state index contributed by atoms with van der Waals surface area (Å²) in [5.41, 5.74) is 1.78. The Balaban J connectivity index is 1.98. The Morgan fingerprint density at radius 1 is 1.22 bits per heavy atom. The lowest BCUT2D eigenvalue weighted by molar-refractivity contribution is 0.0950. The molecule has 18 heavy (non-hydrogen) atoms. The molecule has 0 aliphatic carbocycles. The zero-order valence-corrected chi connectivity index (χ0v) is 9.63. The first-order chi connectivity index (χ1) is 8.79. The third kappa shape index (κ3) is 2.92. The smallest absolute Gasteiger partial charge is 0.253 e. The lowest BCUT2D eigenvalue weighted by Gasteiger charge is -2.04. The van der Waals surface area contributed by atoms with E-state index in [4.69, 9.17) is 5.26 Å². The average Bonchev–Trinajstić information content (AvgIpc) is 2.46. The van der Waals surface area contributed by atoms with Crippen LogP contribution in [0.2, 0.25) is 0 Å². The van der Waals surface area contributed by atoms with E-state index in [0.717, 1.165) is 5.56 Å². The quantitative estimate of drug-likeness (QED) is 0.886. The summed E-state index contributed by atoms with van der Waals surface area (Å²) < 4.78 is 0. The highest BCUT2D eigenvalue weighted by atomic mass is 16.1. The number of nitrogens with zero attached hydrogens (tertiary/aromatic N) is 2. The normalized spacial score (nSPS) is 9.50. The SMILES string of the molecule is N#Cc1ccc(C(=O)NCc2ccccc2)cn1. The molecule has 1 amide bonds. The Bertz CT molecular complexity index is 570. The highest BCUT2D eigenvalue weighted by Crippen LogP contribution is 2.01. The van der Waals surface area contributed by atoms with E-state index < -0.39 is 0 Å². The molecule has 88 valence electrons. The molecule has 1 heterocycles. The zero-order chi connectivity index (χ0) is 12.8. The van der Waals surface area contributed by atoms with E-state index in [0.29, 0.717) is 17.8 Å². The Hall–Kier alpha value is -2.67. The molecule has 0 saturated carbocycles. The molecule has 0 fully saturated rings. The Labute approximate surface area is 105 Å². The van der Waals surface area contributed by atoms with Gasteiger partial charge in [0.1, 0.15) is 11.8 Å². The summed E-state index contributed by atoms with van der Waals surface area (Å²) in [7, 11) is 0. The van der Waals surface area contributed by atoms with Gasteiger partial charge in [-0.3, -0.25) is 4.79 Å². The first kappa shape index (κ1) is 11.8. The van der Waals surface area contributed by atoms with Crippen molar-refractivity contribution >= 4 is 5.91 Å². The lowest BCUT2D eigenvalue weighted by atomic mass is 10.2. The van der Waals surface area contributed by atoms with Crippen LogP contribution in [0.15, 0.2) is 48.7 Å². The van der Waals surface area contributed by atoms with Gasteiger partial charge in [-0.25, -0.2) is 4.98 Å². The van der Waals surface area contributed by atoms with Crippen LogP contribution in [0.3, 0.4) is 0 Å². The fourth-order valence-corrected chi connectivity index (χ4v) is 1.47. The van der Waals surface area contributed by atoms with E-state index in [9.17, 15) is 4.79 Å². The van der Waals surface area contributed by atoms with Crippen LogP contribution in [0.25, 0.3) is 0 Å². The molecular weight excluding hydrogens is 226 g/mol. The third-order valence-corrected chi connectivity index (χ3v) is 2.44. The minimum absolute atomic E-state index is 0.198. The van der Waals surface area contributed by atoms with E-state index in [1.807, 2.05) is 36.4 Å². The number of pyridine rings is 1. The zero-order valence-electron chi connectivity index (χ0n) is 9.63. The van der Waals surface area contributed by atoms with E-state index >= 15 is 0 Å². The van der Waals surface area contributed by atoms with Crippen LogP contribution in [0.5, 0.6) is 0 Å². The molecule has 0 aliphatic rings. The van der Waals surface area contributed by atoms with Crippen molar-refractivity contribution in [3.8, 4) is 6.07 Å². The number of benzene rings is 1. The number of hydrogen-bond donors (Lipinski definition) is 1. The predicted molar refractivity (Wildman–Crippen MR) is 66.6 cm³/mol. The van der Waals surface area contributed by atoms with Crippen molar-refractivity contribution in [1.82, 2.24) is 10.3 Å². The first-order valence-corrected chi connectivity index (χ1v) is 5.48. The maximum Gasteiger partial charge on any atom is 0.253 e. The van der Waals surface area contributed by atoms with Gasteiger partial charge in [0.05, 0.1) is 5.56 Å². The van der Waals surface area contributed by atoms with E-state index in [2.05, 4.69) is 10.3 Å². The average molecular weight is 237 g/mol. The highest BCUT2D eigenvalue weighted by Gasteiger charge is 2.05. The maximum absolute atomic E-state index is 11.8. The van der Waals surface area contributed by atoms with Crippen molar-refractivity contribution in [1.29, 1.82) is 5.26 Å². The van der Waals surface area contributed by atoms with Gasteiger partial charge in [-0.1, -0.05) is 30.3 Å². The second kappa shape index (κ2) is 5.60. The van der Waals surface area contributed by atoms with Crippen molar-refractivity contribution in [2.75, 3.05) is 0 Å². The second-order valence-corrected chi connectivity index (χ2v) is 3.71. The van der Waals surface area contributed by atoms with Gasteiger partial charge in [-0.05, 0) is 17.7 Å². The molecule has 0 radical (unpaired) electrons. The number of aromatic nitrogens is 1. The maximum atomic E-state index is 11.8. The summed E-state index contributed by atoms with van der Waals surface area (Å²) in [6.45, 7) is 0.472. The monoisotopic (exact) mass is 237 g/mol. The molecule has 0 unspecified atom stereocenters. The minimum Gasteiger partial charge on any atom is -0.348 e. The van der Waals surface area contributed by atoms with Gasteiger partial charge in [0, 0.05) is 12.7 Å². The van der Waals surface area contributed by atoms with Crippen LogP contribution in [0.4, 0.5) is 0 Å². The summed E-state index contributed by atoms with van der Waals surface area (Å²) in [6, 6.07) is 14.7. The number of amides is 1. The van der Waals surface area contributed by atoms with Gasteiger partial charge in [0.15, 0.2) is 0 Å². The van der Waals surface area contributed by atoms with Gasteiger partial charge in [0.2, 0.25) is 0 Å². The fraction of sp³-hybridized carbons (Fsp3) is 0.0714. The molecule has 0 aliphatic heterocycles. The van der Waals surface area contributed by atoms with Crippen molar-refractivity contribution in [3.05, 3.63) is 65.5 Å². The van der Waals surface area contributed by atoms with Crippen molar-refractivity contribution in [3.63, 3.8) is 0 Å². The van der Waals surface area contributed by atoms with Crippen LogP contribution in [0, 0.1) is 11.3 Å². The van der Waals surface area contributed by atoms with E-state index in [1.54, 1.807) is 6.07 Å². The number of rotatable bonds is 3. The Kier molecular flexibility index (Phi) is 3.67. The van der Waals surface area contributed by atoms with Crippen LogP contribution in [-0.4, -0.2) is 10.9 Å². The summed E-state index contributed by atoms with van der Waals surface area (Å²) in [5.74, 6) is -0.198. The van der Waals surface area contributed by atoms with E-state index in [-0.39, 0.29) is 5.91 Å². The van der Waals surface area contributed by atoms with Gasteiger partial charge in [-0.2, -0.15) is 5.26 Å². The third-order valence-electron chi connectivity index (χ3n) is 2.44. The van der Waals surface area contributed by atoms with Gasteiger partial charge in [-0.15, -0.1) is 0 Å². The predicted octanol–water partition coefficient (Wildman–Crippen LogP) is 1.88. The second-order valence-electron chi connectivity index (χ2n) is 3.71. The number of carbonyl (C=O) groups is 1. The Morgan fingerprint density at radius 3 is 2.61 bits per heavy atom. The number of carbonyl (C=O) groups excluding carboxylic acids is 1. The molecule has 0 saturated heterocycles. The van der Waals surface area contributed by atoms with Crippen molar-refractivity contribution in [2.45, 2.75) is 6.54 Å². The standard InChI is InChI=1S/C14H11N3O/c15-8-13-7-6-12(10-16-13)14(18)17-9-11-4-2-1-3-5-11/h1-7,10H,9H2,(H,17,18). The molecule has 2 aromatic rings. The highest BCUT2D eigenvalue weighted by molar-refractivity contribution is 5.93. The number of nitrogens with one attached hydrogen (secondary N) is 1. The summed E-state index contributed by atoms with van der Waals surface area (Å²) in [4.78, 5) is 15.6. The van der Waals surface area contributed by atoms with Crippen molar-refractivity contribution in [2.24, 2.45) is 0 Å². The van der Waals surface area contributed by atoms with Crippen LogP contribution in [0.1, 0.15) is 21.6 Å². The summed E-state index contributed by atoms with van der Waals surface area (Å²) in [6.07, 6.45) is 1.40. The lowest BCUT2D eigenvalue weighted by Crippen LogP contribution is -2.22. The molecule has 0 atom stereocenters. The molecule has 0 spiro atoms. The van der Waals surface area contributed by atoms with Crippen molar-refractivity contribution < 1.29 is 4.79 Å². The van der Waals surface area contributed by atoms with Gasteiger partial charge < -0.3 is 5.32 Å². The molecule has 1 aromatic carbocycles. The minimum atomic E-state index is -0.198. The molecule has 0 bridgehead atoms. The topological polar surface area (TPSA) is 65.8 Å². The van der Waals surface area contributed by atoms with Crippen LogP contribution >= 0.6 is 0 Å². The molecule has 4 nitrogen and oxygen atoms in total. The molecule has 1 aromatic heterocycles. The number of hydrogen-bond acceptors (Lipinski definition) is 3. The molecule has 1 N–H and O–H groups in total. The molecule has 2 rings (SSSR count). The molecule has 4 heteroatoms.